The van der Waals surface area contributed by atoms with Crippen molar-refractivity contribution in [1.29, 1.82) is 0 Å². The second kappa shape index (κ2) is 7.18. The van der Waals surface area contributed by atoms with E-state index in [9.17, 15) is 4.79 Å². The summed E-state index contributed by atoms with van der Waals surface area (Å²) in [6.45, 7) is 2.91. The van der Waals surface area contributed by atoms with E-state index in [0.717, 1.165) is 28.7 Å². The molecule has 2 aromatic carbocycles. The molecule has 1 aliphatic heterocycles. The maximum absolute atomic E-state index is 13.1. The first kappa shape index (κ1) is 15.4. The standard InChI is InChI=1S/C18H18BrNO2/c19-16-8-6-15(7-9-16)18(21)17(14-4-2-1-3-5-14)20-10-12-22-13-11-20/h1-9,17H,10-13H2. The molecule has 1 fully saturated rings. The summed E-state index contributed by atoms with van der Waals surface area (Å²) in [5.74, 6) is 0.139. The second-order valence-corrected chi connectivity index (χ2v) is 6.25. The van der Waals surface area contributed by atoms with Gasteiger partial charge in [-0.1, -0.05) is 58.4 Å². The lowest BCUT2D eigenvalue weighted by molar-refractivity contribution is 0.0172. The number of Topliss-reactive ketones (excluding diaryl/α,β-unsaturated/α-hetero) is 1. The van der Waals surface area contributed by atoms with Gasteiger partial charge in [0, 0.05) is 23.1 Å². The maximum atomic E-state index is 13.1. The number of hydrogen-bond donors (Lipinski definition) is 0. The second-order valence-electron chi connectivity index (χ2n) is 5.33. The molecule has 0 aromatic heterocycles. The molecule has 114 valence electrons. The van der Waals surface area contributed by atoms with Gasteiger partial charge in [-0.05, 0) is 17.7 Å². The third-order valence-electron chi connectivity index (χ3n) is 3.90. The van der Waals surface area contributed by atoms with E-state index in [4.69, 9.17) is 4.74 Å². The van der Waals surface area contributed by atoms with Gasteiger partial charge in [-0.3, -0.25) is 9.69 Å². The maximum Gasteiger partial charge on any atom is 0.184 e. The van der Waals surface area contributed by atoms with Gasteiger partial charge in [-0.15, -0.1) is 0 Å². The summed E-state index contributed by atoms with van der Waals surface area (Å²) in [5, 5.41) is 0. The summed E-state index contributed by atoms with van der Waals surface area (Å²) < 4.78 is 6.41. The Kier molecular flexibility index (Phi) is 5.03. The molecule has 1 saturated heterocycles. The molecule has 0 radical (unpaired) electrons. The topological polar surface area (TPSA) is 29.5 Å². The predicted molar refractivity (Wildman–Crippen MR) is 90.0 cm³/mol. The van der Waals surface area contributed by atoms with Gasteiger partial charge in [-0.2, -0.15) is 0 Å². The third kappa shape index (κ3) is 3.46. The Hall–Kier alpha value is -1.49. The number of rotatable bonds is 4. The smallest absolute Gasteiger partial charge is 0.184 e. The number of nitrogens with zero attached hydrogens (tertiary/aromatic N) is 1. The monoisotopic (exact) mass is 359 g/mol. The van der Waals surface area contributed by atoms with Crippen LogP contribution in [-0.4, -0.2) is 37.0 Å². The molecule has 4 heteroatoms. The van der Waals surface area contributed by atoms with Gasteiger partial charge in [0.2, 0.25) is 0 Å². The lowest BCUT2D eigenvalue weighted by Gasteiger charge is -2.33. The number of ketones is 1. The number of carbonyl (C=O) groups excluding carboxylic acids is 1. The molecule has 0 spiro atoms. The molecule has 3 nitrogen and oxygen atoms in total. The van der Waals surface area contributed by atoms with Crippen molar-refractivity contribution in [3.8, 4) is 0 Å². The van der Waals surface area contributed by atoms with Gasteiger partial charge >= 0.3 is 0 Å². The van der Waals surface area contributed by atoms with Gasteiger partial charge in [0.05, 0.1) is 19.3 Å². The van der Waals surface area contributed by atoms with E-state index in [-0.39, 0.29) is 11.8 Å². The fourth-order valence-electron chi connectivity index (χ4n) is 2.77. The first-order valence-corrected chi connectivity index (χ1v) is 8.21. The predicted octanol–water partition coefficient (Wildman–Crippen LogP) is 3.71. The summed E-state index contributed by atoms with van der Waals surface area (Å²) >= 11 is 3.41. The van der Waals surface area contributed by atoms with Crippen LogP contribution < -0.4 is 0 Å². The molecule has 22 heavy (non-hydrogen) atoms. The summed E-state index contributed by atoms with van der Waals surface area (Å²) in [6, 6.07) is 17.3. The van der Waals surface area contributed by atoms with Crippen LogP contribution in [0.3, 0.4) is 0 Å². The summed E-state index contributed by atoms with van der Waals surface area (Å²) in [4.78, 5) is 15.3. The minimum Gasteiger partial charge on any atom is -0.379 e. The van der Waals surface area contributed by atoms with Crippen LogP contribution in [-0.2, 0) is 4.74 Å². The Morgan fingerprint density at radius 2 is 1.64 bits per heavy atom. The van der Waals surface area contributed by atoms with Gasteiger partial charge in [0.15, 0.2) is 5.78 Å². The lowest BCUT2D eigenvalue weighted by Crippen LogP contribution is -2.42. The van der Waals surface area contributed by atoms with Gasteiger partial charge in [0.25, 0.3) is 0 Å². The van der Waals surface area contributed by atoms with Crippen molar-refractivity contribution in [2.24, 2.45) is 0 Å². The molecular weight excluding hydrogens is 342 g/mol. The molecule has 1 aliphatic rings. The van der Waals surface area contributed by atoms with Crippen molar-refractivity contribution in [2.75, 3.05) is 26.3 Å². The van der Waals surface area contributed by atoms with Crippen LogP contribution in [0.1, 0.15) is 22.0 Å². The van der Waals surface area contributed by atoms with Crippen LogP contribution >= 0.6 is 15.9 Å². The zero-order chi connectivity index (χ0) is 15.4. The van der Waals surface area contributed by atoms with Crippen molar-refractivity contribution in [2.45, 2.75) is 6.04 Å². The van der Waals surface area contributed by atoms with Crippen LogP contribution in [0.2, 0.25) is 0 Å². The van der Waals surface area contributed by atoms with Crippen molar-refractivity contribution >= 4 is 21.7 Å². The van der Waals surface area contributed by atoms with E-state index in [2.05, 4.69) is 20.8 Å². The summed E-state index contributed by atoms with van der Waals surface area (Å²) in [6.07, 6.45) is 0. The first-order valence-electron chi connectivity index (χ1n) is 7.42. The highest BCUT2D eigenvalue weighted by molar-refractivity contribution is 9.10. The summed E-state index contributed by atoms with van der Waals surface area (Å²) in [7, 11) is 0. The molecule has 0 aliphatic carbocycles. The van der Waals surface area contributed by atoms with Crippen LogP contribution in [0.15, 0.2) is 59.1 Å². The molecule has 1 heterocycles. The molecule has 1 unspecified atom stereocenters. The van der Waals surface area contributed by atoms with E-state index >= 15 is 0 Å². The molecule has 1 atom stereocenters. The number of ether oxygens (including phenoxy) is 1. The Morgan fingerprint density at radius 3 is 2.27 bits per heavy atom. The largest absolute Gasteiger partial charge is 0.379 e. The van der Waals surface area contributed by atoms with Gasteiger partial charge in [-0.25, -0.2) is 0 Å². The number of morpholine rings is 1. The Balaban J connectivity index is 1.93. The molecule has 3 rings (SSSR count). The average molecular weight is 360 g/mol. The first-order chi connectivity index (χ1) is 10.8. The normalized spacial score (nSPS) is 17.1. The van der Waals surface area contributed by atoms with E-state index < -0.39 is 0 Å². The van der Waals surface area contributed by atoms with Crippen molar-refractivity contribution < 1.29 is 9.53 Å². The van der Waals surface area contributed by atoms with Crippen molar-refractivity contribution in [3.63, 3.8) is 0 Å². The summed E-state index contributed by atoms with van der Waals surface area (Å²) in [5.41, 5.74) is 1.78. The number of hydrogen-bond acceptors (Lipinski definition) is 3. The fraction of sp³-hybridized carbons (Fsp3) is 0.278. The molecule has 0 amide bonds. The molecule has 0 N–H and O–H groups in total. The number of halogens is 1. The number of carbonyl (C=O) groups is 1. The van der Waals surface area contributed by atoms with Crippen LogP contribution in [0.5, 0.6) is 0 Å². The van der Waals surface area contributed by atoms with E-state index in [1.807, 2.05) is 54.6 Å². The molecule has 0 bridgehead atoms. The van der Waals surface area contributed by atoms with Crippen molar-refractivity contribution in [3.05, 3.63) is 70.2 Å². The minimum atomic E-state index is -0.244. The van der Waals surface area contributed by atoms with Crippen LogP contribution in [0, 0.1) is 0 Å². The highest BCUT2D eigenvalue weighted by Crippen LogP contribution is 2.26. The molecule has 0 saturated carbocycles. The van der Waals surface area contributed by atoms with E-state index in [1.54, 1.807) is 0 Å². The SMILES string of the molecule is O=C(c1ccc(Br)cc1)C(c1ccccc1)N1CCOCC1. The average Bonchev–Trinajstić information content (AvgIpc) is 2.57. The van der Waals surface area contributed by atoms with Crippen LogP contribution in [0.4, 0.5) is 0 Å². The van der Waals surface area contributed by atoms with Crippen LogP contribution in [0.25, 0.3) is 0 Å². The fourth-order valence-corrected chi connectivity index (χ4v) is 3.04. The zero-order valence-corrected chi connectivity index (χ0v) is 13.8. The zero-order valence-electron chi connectivity index (χ0n) is 12.2. The quantitative estimate of drug-likeness (QED) is 0.779. The highest BCUT2D eigenvalue weighted by atomic mass is 79.9. The van der Waals surface area contributed by atoms with E-state index in [1.165, 1.54) is 0 Å². The lowest BCUT2D eigenvalue weighted by atomic mass is 9.95. The van der Waals surface area contributed by atoms with Crippen molar-refractivity contribution in [1.82, 2.24) is 4.90 Å². The molecule has 2 aromatic rings. The Labute approximate surface area is 139 Å². The molecular formula is C18H18BrNO2. The highest BCUT2D eigenvalue weighted by Gasteiger charge is 2.29. The van der Waals surface area contributed by atoms with E-state index in [0.29, 0.717) is 13.2 Å². The minimum absolute atomic E-state index is 0.139. The Morgan fingerprint density at radius 1 is 1.00 bits per heavy atom. The third-order valence-corrected chi connectivity index (χ3v) is 4.43. The van der Waals surface area contributed by atoms with Gasteiger partial charge < -0.3 is 4.74 Å². The number of benzene rings is 2. The van der Waals surface area contributed by atoms with Gasteiger partial charge in [0.1, 0.15) is 0 Å². The Bertz CT molecular complexity index is 621.